The van der Waals surface area contributed by atoms with Crippen LogP contribution in [-0.4, -0.2) is 21.8 Å². The lowest BCUT2D eigenvalue weighted by Gasteiger charge is -2.34. The van der Waals surface area contributed by atoms with Gasteiger partial charge in [-0.15, -0.1) is 0 Å². The van der Waals surface area contributed by atoms with Crippen LogP contribution < -0.4 is 9.80 Å². The summed E-state index contributed by atoms with van der Waals surface area (Å²) in [5.41, 5.74) is 10.8. The van der Waals surface area contributed by atoms with Crippen LogP contribution >= 0.6 is 11.8 Å². The van der Waals surface area contributed by atoms with E-state index >= 15 is 0 Å². The molecule has 6 aromatic carbocycles. The number of para-hydroxylation sites is 3. The van der Waals surface area contributed by atoms with Crippen LogP contribution in [0.15, 0.2) is 174 Å². The first-order chi connectivity index (χ1) is 24.9. The van der Waals surface area contributed by atoms with Gasteiger partial charge in [0, 0.05) is 38.0 Å². The van der Waals surface area contributed by atoms with Crippen molar-refractivity contribution in [3.05, 3.63) is 164 Å². The molecule has 0 aliphatic carbocycles. The van der Waals surface area contributed by atoms with Crippen LogP contribution in [0.3, 0.4) is 0 Å². The first-order valence-electron chi connectivity index (χ1n) is 17.5. The van der Waals surface area contributed by atoms with Gasteiger partial charge in [-0.25, -0.2) is 4.98 Å². The van der Waals surface area contributed by atoms with Gasteiger partial charge in [-0.2, -0.15) is 0 Å². The van der Waals surface area contributed by atoms with Crippen LogP contribution in [0.1, 0.15) is 20.8 Å². The van der Waals surface area contributed by atoms with E-state index in [4.69, 9.17) is 4.98 Å². The van der Waals surface area contributed by atoms with Crippen LogP contribution in [-0.2, 0) is 0 Å². The molecule has 0 radical (unpaired) electrons. The minimum Gasteiger partial charge on any atom is -0.347 e. The van der Waals surface area contributed by atoms with Crippen molar-refractivity contribution in [2.45, 2.75) is 36.1 Å². The van der Waals surface area contributed by atoms with E-state index in [-0.39, 0.29) is 5.54 Å². The SMILES string of the molecule is CC(C)(C)N1CN(c2cccc(Sc3ccc4c5ccccc5n(-c5cc(-c6ccccc6-c6ccccc6)ccn5)c4c3)c2)c2ccccc21. The van der Waals surface area contributed by atoms with Crippen LogP contribution in [0.5, 0.6) is 0 Å². The fourth-order valence-electron chi connectivity index (χ4n) is 7.43. The molecule has 1 aliphatic rings. The lowest BCUT2D eigenvalue weighted by Crippen LogP contribution is -2.42. The number of hydrogen-bond acceptors (Lipinski definition) is 4. The zero-order chi connectivity index (χ0) is 34.5. The summed E-state index contributed by atoms with van der Waals surface area (Å²) in [6.45, 7) is 7.67. The number of nitrogens with zero attached hydrogens (tertiary/aromatic N) is 4. The van der Waals surface area contributed by atoms with Gasteiger partial charge in [0.25, 0.3) is 0 Å². The molecule has 3 heterocycles. The van der Waals surface area contributed by atoms with Crippen molar-refractivity contribution in [2.75, 3.05) is 16.5 Å². The van der Waals surface area contributed by atoms with Gasteiger partial charge in [0.2, 0.25) is 0 Å². The summed E-state index contributed by atoms with van der Waals surface area (Å²) < 4.78 is 2.32. The topological polar surface area (TPSA) is 24.3 Å². The molecule has 0 saturated carbocycles. The van der Waals surface area contributed by atoms with E-state index < -0.39 is 0 Å². The smallest absolute Gasteiger partial charge is 0.138 e. The molecule has 9 rings (SSSR count). The van der Waals surface area contributed by atoms with Crippen LogP contribution in [0.4, 0.5) is 17.1 Å². The average Bonchev–Trinajstić information content (AvgIpc) is 3.72. The third kappa shape index (κ3) is 5.64. The summed E-state index contributed by atoms with van der Waals surface area (Å²) in [4.78, 5) is 12.3. The molecule has 0 saturated heterocycles. The number of rotatable bonds is 6. The van der Waals surface area contributed by atoms with Crippen molar-refractivity contribution >= 4 is 50.6 Å². The quantitative estimate of drug-likeness (QED) is 0.175. The second-order valence-electron chi connectivity index (χ2n) is 14.1. The van der Waals surface area contributed by atoms with Crippen molar-refractivity contribution in [1.29, 1.82) is 0 Å². The summed E-state index contributed by atoms with van der Waals surface area (Å²) in [5, 5.41) is 2.44. The monoisotopic (exact) mass is 678 g/mol. The molecule has 51 heavy (non-hydrogen) atoms. The minimum absolute atomic E-state index is 0.0186. The van der Waals surface area contributed by atoms with E-state index in [1.165, 1.54) is 54.3 Å². The van der Waals surface area contributed by atoms with Gasteiger partial charge in [-0.3, -0.25) is 4.57 Å². The maximum absolute atomic E-state index is 4.97. The fourth-order valence-corrected chi connectivity index (χ4v) is 8.34. The van der Waals surface area contributed by atoms with Crippen molar-refractivity contribution in [3.63, 3.8) is 0 Å². The highest BCUT2D eigenvalue weighted by Gasteiger charge is 2.33. The van der Waals surface area contributed by atoms with Gasteiger partial charge in [-0.05, 0) is 104 Å². The number of pyridine rings is 1. The zero-order valence-corrected chi connectivity index (χ0v) is 29.8. The summed E-state index contributed by atoms with van der Waals surface area (Å²) in [5.74, 6) is 0.904. The average molecular weight is 679 g/mol. The van der Waals surface area contributed by atoms with E-state index in [0.717, 1.165) is 29.1 Å². The molecule has 0 N–H and O–H groups in total. The second kappa shape index (κ2) is 12.5. The Morgan fingerprint density at radius 1 is 0.549 bits per heavy atom. The molecule has 0 amide bonds. The fraction of sp³-hybridized carbons (Fsp3) is 0.109. The molecule has 8 aromatic rings. The largest absolute Gasteiger partial charge is 0.347 e. The number of aromatic nitrogens is 2. The van der Waals surface area contributed by atoms with E-state index in [2.05, 4.69) is 193 Å². The zero-order valence-electron chi connectivity index (χ0n) is 29.0. The Balaban J connectivity index is 1.10. The van der Waals surface area contributed by atoms with Crippen molar-refractivity contribution < 1.29 is 0 Å². The lowest BCUT2D eigenvalue weighted by molar-refractivity contribution is 0.518. The summed E-state index contributed by atoms with van der Waals surface area (Å²) in [6, 6.07) is 56.8. The lowest BCUT2D eigenvalue weighted by atomic mass is 9.95. The molecule has 248 valence electrons. The van der Waals surface area contributed by atoms with E-state index in [0.29, 0.717) is 0 Å². The summed E-state index contributed by atoms with van der Waals surface area (Å²) >= 11 is 1.80. The highest BCUT2D eigenvalue weighted by molar-refractivity contribution is 7.99. The molecule has 1 aliphatic heterocycles. The Bertz CT molecular complexity index is 2550. The van der Waals surface area contributed by atoms with Gasteiger partial charge < -0.3 is 9.80 Å². The van der Waals surface area contributed by atoms with Crippen LogP contribution in [0, 0.1) is 0 Å². The van der Waals surface area contributed by atoms with Gasteiger partial charge in [0.1, 0.15) is 5.82 Å². The summed E-state index contributed by atoms with van der Waals surface area (Å²) in [6.07, 6.45) is 1.94. The van der Waals surface area contributed by atoms with E-state index in [1.807, 2.05) is 6.20 Å². The highest BCUT2D eigenvalue weighted by Crippen LogP contribution is 2.45. The molecule has 0 bridgehead atoms. The molecule has 0 spiro atoms. The van der Waals surface area contributed by atoms with Gasteiger partial charge in [0.05, 0.1) is 29.1 Å². The molecular weight excluding hydrogens is 641 g/mol. The minimum atomic E-state index is 0.0186. The van der Waals surface area contributed by atoms with E-state index in [1.54, 1.807) is 11.8 Å². The van der Waals surface area contributed by atoms with Gasteiger partial charge >= 0.3 is 0 Å². The summed E-state index contributed by atoms with van der Waals surface area (Å²) in [7, 11) is 0. The predicted molar refractivity (Wildman–Crippen MR) is 216 cm³/mol. The van der Waals surface area contributed by atoms with Crippen molar-refractivity contribution in [3.8, 4) is 28.1 Å². The number of hydrogen-bond donors (Lipinski definition) is 0. The Labute approximate surface area is 303 Å². The normalized spacial score (nSPS) is 12.9. The second-order valence-corrected chi connectivity index (χ2v) is 15.2. The Morgan fingerprint density at radius 2 is 1.24 bits per heavy atom. The number of anilines is 3. The third-order valence-corrected chi connectivity index (χ3v) is 10.8. The maximum Gasteiger partial charge on any atom is 0.138 e. The maximum atomic E-state index is 4.97. The Morgan fingerprint density at radius 3 is 2.06 bits per heavy atom. The Hall–Kier alpha value is -5.78. The number of benzene rings is 6. The number of fused-ring (bicyclic) bond motifs is 4. The van der Waals surface area contributed by atoms with Crippen LogP contribution in [0.2, 0.25) is 0 Å². The molecular formula is C46H38N4S. The molecule has 5 heteroatoms. The standard InChI is InChI=1S/C46H38N4S/c1-46(2,3)49-31-48(42-22-11-12-23-43(42)49)34-16-13-17-35(29-34)51-36-24-25-40-39-20-9-10-21-41(39)50(44(40)30-36)45-28-33(26-27-47-45)38-19-8-7-18-37(38)32-14-5-4-6-15-32/h4-30H,31H2,1-3H3. The van der Waals surface area contributed by atoms with E-state index in [9.17, 15) is 0 Å². The molecule has 0 unspecified atom stereocenters. The van der Waals surface area contributed by atoms with Crippen LogP contribution in [0.25, 0.3) is 49.9 Å². The molecule has 4 nitrogen and oxygen atoms in total. The predicted octanol–water partition coefficient (Wildman–Crippen LogP) is 12.4. The Kier molecular flexibility index (Phi) is 7.66. The first kappa shape index (κ1) is 31.2. The van der Waals surface area contributed by atoms with Crippen molar-refractivity contribution in [2.24, 2.45) is 0 Å². The molecule has 0 fully saturated rings. The third-order valence-electron chi connectivity index (χ3n) is 9.86. The highest BCUT2D eigenvalue weighted by atomic mass is 32.2. The van der Waals surface area contributed by atoms with Crippen molar-refractivity contribution in [1.82, 2.24) is 9.55 Å². The molecule has 0 atom stereocenters. The first-order valence-corrected chi connectivity index (χ1v) is 18.3. The van der Waals surface area contributed by atoms with Gasteiger partial charge in [-0.1, -0.05) is 109 Å². The van der Waals surface area contributed by atoms with Gasteiger partial charge in [0.15, 0.2) is 0 Å². The molecule has 2 aromatic heterocycles.